The minimum atomic E-state index is -0.236. The van der Waals surface area contributed by atoms with E-state index in [0.29, 0.717) is 17.0 Å². The fourth-order valence-corrected chi connectivity index (χ4v) is 2.51. The zero-order chi connectivity index (χ0) is 18.0. The van der Waals surface area contributed by atoms with Gasteiger partial charge >= 0.3 is 0 Å². The zero-order valence-electron chi connectivity index (χ0n) is 14.9. The summed E-state index contributed by atoms with van der Waals surface area (Å²) >= 11 is 0. The number of benzene rings is 2. The van der Waals surface area contributed by atoms with Crippen molar-refractivity contribution in [3.63, 3.8) is 0 Å². The molecule has 2 aromatic carbocycles. The predicted molar refractivity (Wildman–Crippen MR) is 97.4 cm³/mol. The van der Waals surface area contributed by atoms with E-state index in [1.165, 1.54) is 5.56 Å². The van der Waals surface area contributed by atoms with Crippen LogP contribution >= 0.6 is 0 Å². The summed E-state index contributed by atoms with van der Waals surface area (Å²) in [5.74, 6) is 1.18. The van der Waals surface area contributed by atoms with Crippen LogP contribution in [0.3, 0.4) is 0 Å². The van der Waals surface area contributed by atoms with Crippen LogP contribution < -0.4 is 14.9 Å². The van der Waals surface area contributed by atoms with Gasteiger partial charge in [-0.2, -0.15) is 5.10 Å². The molecule has 0 radical (unpaired) electrons. The summed E-state index contributed by atoms with van der Waals surface area (Å²) in [5, 5.41) is 4.19. The van der Waals surface area contributed by atoms with Crippen molar-refractivity contribution in [2.45, 2.75) is 33.1 Å². The molecule has 5 nitrogen and oxygen atoms in total. The molecule has 0 atom stereocenters. The van der Waals surface area contributed by atoms with Gasteiger partial charge in [0.2, 0.25) is 6.79 Å². The van der Waals surface area contributed by atoms with Crippen LogP contribution in [0.5, 0.6) is 11.5 Å². The summed E-state index contributed by atoms with van der Waals surface area (Å²) < 4.78 is 10.6. The lowest BCUT2D eigenvalue weighted by Gasteiger charge is -2.18. The molecule has 130 valence electrons. The molecule has 0 aromatic heterocycles. The molecule has 0 unspecified atom stereocenters. The maximum atomic E-state index is 12.3. The molecule has 1 N–H and O–H groups in total. The lowest BCUT2D eigenvalue weighted by molar-refractivity contribution is 0.0954. The van der Waals surface area contributed by atoms with Crippen molar-refractivity contribution in [3.05, 3.63) is 59.2 Å². The number of rotatable bonds is 3. The first-order valence-corrected chi connectivity index (χ1v) is 8.20. The number of ether oxygens (including phenoxy) is 2. The van der Waals surface area contributed by atoms with E-state index in [1.54, 1.807) is 0 Å². The molecular weight excluding hydrogens is 316 g/mol. The molecule has 25 heavy (non-hydrogen) atoms. The molecule has 0 spiro atoms. The van der Waals surface area contributed by atoms with E-state index in [-0.39, 0.29) is 18.1 Å². The fourth-order valence-electron chi connectivity index (χ4n) is 2.51. The van der Waals surface area contributed by atoms with E-state index in [0.717, 1.165) is 11.3 Å². The average molecular weight is 338 g/mol. The number of carbonyl (C=O) groups is 1. The van der Waals surface area contributed by atoms with Crippen molar-refractivity contribution >= 4 is 11.6 Å². The van der Waals surface area contributed by atoms with Gasteiger partial charge < -0.3 is 9.47 Å². The summed E-state index contributed by atoms with van der Waals surface area (Å²) in [6.07, 6.45) is 0. The standard InChI is InChI=1S/C20H22N2O3/c1-13(15-7-10-17-18(11-15)25-12-24-17)21-22-19(23)14-5-8-16(9-6-14)20(2,3)4/h5-11H,12H2,1-4H3,(H,22,23)/b21-13+. The first kappa shape index (κ1) is 17.0. The van der Waals surface area contributed by atoms with E-state index < -0.39 is 0 Å². The number of hydrazone groups is 1. The Morgan fingerprint density at radius 3 is 2.32 bits per heavy atom. The molecule has 1 amide bonds. The number of carbonyl (C=O) groups excluding carboxylic acids is 1. The molecule has 0 saturated carbocycles. The van der Waals surface area contributed by atoms with E-state index >= 15 is 0 Å². The van der Waals surface area contributed by atoms with Gasteiger partial charge in [-0.15, -0.1) is 0 Å². The molecule has 2 aromatic rings. The third-order valence-corrected chi connectivity index (χ3v) is 4.13. The highest BCUT2D eigenvalue weighted by Crippen LogP contribution is 2.32. The second-order valence-corrected chi connectivity index (χ2v) is 7.03. The molecule has 3 rings (SSSR count). The Bertz CT molecular complexity index is 818. The van der Waals surface area contributed by atoms with Gasteiger partial charge in [-0.1, -0.05) is 32.9 Å². The number of nitrogens with one attached hydrogen (secondary N) is 1. The molecule has 0 bridgehead atoms. The van der Waals surface area contributed by atoms with Crippen molar-refractivity contribution in [2.75, 3.05) is 6.79 Å². The molecule has 0 aliphatic carbocycles. The number of amides is 1. The van der Waals surface area contributed by atoms with Crippen molar-refractivity contribution < 1.29 is 14.3 Å². The SMILES string of the molecule is C/C(=N\NC(=O)c1ccc(C(C)(C)C)cc1)c1ccc2c(c1)OCO2. The second-order valence-electron chi connectivity index (χ2n) is 7.03. The van der Waals surface area contributed by atoms with Crippen molar-refractivity contribution in [2.24, 2.45) is 5.10 Å². The molecule has 1 aliphatic heterocycles. The monoisotopic (exact) mass is 338 g/mol. The highest BCUT2D eigenvalue weighted by molar-refractivity contribution is 6.01. The van der Waals surface area contributed by atoms with Gasteiger partial charge in [0, 0.05) is 11.1 Å². The first-order chi connectivity index (χ1) is 11.8. The Kier molecular flexibility index (Phi) is 4.49. The normalized spacial score (nSPS) is 13.7. The van der Waals surface area contributed by atoms with Crippen LogP contribution in [0.15, 0.2) is 47.6 Å². The summed E-state index contributed by atoms with van der Waals surface area (Å²) in [5.41, 5.74) is 5.98. The summed E-state index contributed by atoms with van der Waals surface area (Å²) in [6.45, 7) is 8.49. The highest BCUT2D eigenvalue weighted by Gasteiger charge is 2.15. The molecular formula is C20H22N2O3. The predicted octanol–water partition coefficient (Wildman–Crippen LogP) is 3.87. The third kappa shape index (κ3) is 3.82. The van der Waals surface area contributed by atoms with Crippen LogP contribution in [0, 0.1) is 0 Å². The third-order valence-electron chi connectivity index (χ3n) is 4.13. The van der Waals surface area contributed by atoms with Crippen LogP contribution in [0.1, 0.15) is 49.2 Å². The molecule has 0 fully saturated rings. The van der Waals surface area contributed by atoms with Crippen molar-refractivity contribution in [3.8, 4) is 11.5 Å². The maximum absolute atomic E-state index is 12.3. The van der Waals surface area contributed by atoms with E-state index in [9.17, 15) is 4.79 Å². The lowest BCUT2D eigenvalue weighted by atomic mass is 9.87. The summed E-state index contributed by atoms with van der Waals surface area (Å²) in [6, 6.07) is 13.2. The largest absolute Gasteiger partial charge is 0.454 e. The Balaban J connectivity index is 1.69. The Morgan fingerprint density at radius 2 is 1.64 bits per heavy atom. The van der Waals surface area contributed by atoms with Crippen LogP contribution in [-0.4, -0.2) is 18.4 Å². The first-order valence-electron chi connectivity index (χ1n) is 8.20. The molecule has 5 heteroatoms. The van der Waals surface area contributed by atoms with Gasteiger partial charge in [-0.25, -0.2) is 5.43 Å². The number of nitrogens with zero attached hydrogens (tertiary/aromatic N) is 1. The average Bonchev–Trinajstić information content (AvgIpc) is 3.06. The smallest absolute Gasteiger partial charge is 0.271 e. The Hall–Kier alpha value is -2.82. The minimum absolute atomic E-state index is 0.0586. The summed E-state index contributed by atoms with van der Waals surface area (Å²) in [7, 11) is 0. The molecule has 0 saturated heterocycles. The van der Waals surface area contributed by atoms with E-state index in [2.05, 4.69) is 31.3 Å². The number of fused-ring (bicyclic) bond motifs is 1. The van der Waals surface area contributed by atoms with Crippen LogP contribution in [0.2, 0.25) is 0 Å². The summed E-state index contributed by atoms with van der Waals surface area (Å²) in [4.78, 5) is 12.3. The molecule has 1 aliphatic rings. The van der Waals surface area contributed by atoms with Gasteiger partial charge in [-0.05, 0) is 48.2 Å². The second kappa shape index (κ2) is 6.59. The Morgan fingerprint density at radius 1 is 1.00 bits per heavy atom. The Labute approximate surface area is 147 Å². The zero-order valence-corrected chi connectivity index (χ0v) is 14.9. The van der Waals surface area contributed by atoms with Gasteiger partial charge in [0.1, 0.15) is 0 Å². The van der Waals surface area contributed by atoms with Crippen molar-refractivity contribution in [1.29, 1.82) is 0 Å². The maximum Gasteiger partial charge on any atom is 0.271 e. The van der Waals surface area contributed by atoms with E-state index in [4.69, 9.17) is 9.47 Å². The quantitative estimate of drug-likeness (QED) is 0.683. The van der Waals surface area contributed by atoms with Crippen molar-refractivity contribution in [1.82, 2.24) is 5.43 Å². The molecule has 1 heterocycles. The number of hydrogen-bond acceptors (Lipinski definition) is 4. The van der Waals surface area contributed by atoms with Crippen LogP contribution in [-0.2, 0) is 5.41 Å². The fraction of sp³-hybridized carbons (Fsp3) is 0.300. The van der Waals surface area contributed by atoms with Gasteiger partial charge in [0.25, 0.3) is 5.91 Å². The lowest BCUT2D eigenvalue weighted by Crippen LogP contribution is -2.20. The topological polar surface area (TPSA) is 59.9 Å². The highest BCUT2D eigenvalue weighted by atomic mass is 16.7. The van der Waals surface area contributed by atoms with Gasteiger partial charge in [0.15, 0.2) is 11.5 Å². The van der Waals surface area contributed by atoms with Gasteiger partial charge in [-0.3, -0.25) is 4.79 Å². The minimum Gasteiger partial charge on any atom is -0.454 e. The van der Waals surface area contributed by atoms with Crippen LogP contribution in [0.4, 0.5) is 0 Å². The number of hydrogen-bond donors (Lipinski definition) is 1. The van der Waals surface area contributed by atoms with Crippen LogP contribution in [0.25, 0.3) is 0 Å². The van der Waals surface area contributed by atoms with Gasteiger partial charge in [0.05, 0.1) is 5.71 Å². The van der Waals surface area contributed by atoms with E-state index in [1.807, 2.05) is 49.4 Å².